The number of benzene rings is 2. The third-order valence-corrected chi connectivity index (χ3v) is 5.82. The molecule has 4 rings (SSSR count). The van der Waals surface area contributed by atoms with Gasteiger partial charge >= 0.3 is 0 Å². The summed E-state index contributed by atoms with van der Waals surface area (Å²) in [6.07, 6.45) is 0. The fourth-order valence-corrected chi connectivity index (χ4v) is 3.94. The summed E-state index contributed by atoms with van der Waals surface area (Å²) in [4.78, 5) is 18.1. The monoisotopic (exact) mass is 478 g/mol. The van der Waals surface area contributed by atoms with Gasteiger partial charge in [-0.3, -0.25) is 9.69 Å². The number of ether oxygens (including phenoxy) is 3. The van der Waals surface area contributed by atoms with Gasteiger partial charge in [0.2, 0.25) is 0 Å². The molecule has 0 fully saturated rings. The summed E-state index contributed by atoms with van der Waals surface area (Å²) in [5.74, 6) is 1.87. The van der Waals surface area contributed by atoms with Crippen molar-refractivity contribution in [1.82, 2.24) is 30.1 Å². The topological polar surface area (TPSA) is 107 Å². The molecule has 0 saturated heterocycles. The number of rotatable bonds is 11. The van der Waals surface area contributed by atoms with E-state index in [1.165, 1.54) is 5.56 Å². The molecule has 0 unspecified atom stereocenters. The molecule has 4 aromatic rings. The Labute approximate surface area is 203 Å². The van der Waals surface area contributed by atoms with Crippen molar-refractivity contribution in [2.24, 2.45) is 0 Å². The number of nitrogens with one attached hydrogen (secondary N) is 1. The van der Waals surface area contributed by atoms with E-state index in [1.807, 2.05) is 12.1 Å². The highest BCUT2D eigenvalue weighted by Crippen LogP contribution is 2.31. The Hall–Kier alpha value is -3.76. The van der Waals surface area contributed by atoms with Gasteiger partial charge in [-0.25, -0.2) is 4.68 Å². The van der Waals surface area contributed by atoms with Crippen molar-refractivity contribution in [3.8, 4) is 11.5 Å². The standard InChI is InChI=1S/C25H30N6O4/c1-17-5-7-18(8-6-17)14-30(16-24-27-28-29-31(24)9-10-33-2)15-20-11-19-12-22(34-3)23(35-4)13-21(19)26-25(20)32/h5-8,11-13H,9-10,14-16H2,1-4H3,(H,26,32). The van der Waals surface area contributed by atoms with Gasteiger partial charge in [-0.2, -0.15) is 0 Å². The van der Waals surface area contributed by atoms with E-state index < -0.39 is 0 Å². The van der Waals surface area contributed by atoms with Gasteiger partial charge in [0, 0.05) is 37.2 Å². The molecule has 2 aromatic carbocycles. The second-order valence-electron chi connectivity index (χ2n) is 8.36. The number of fused-ring (bicyclic) bond motifs is 1. The minimum Gasteiger partial charge on any atom is -0.493 e. The molecule has 2 heterocycles. The van der Waals surface area contributed by atoms with Gasteiger partial charge < -0.3 is 19.2 Å². The summed E-state index contributed by atoms with van der Waals surface area (Å²) in [6, 6.07) is 13.9. The zero-order valence-corrected chi connectivity index (χ0v) is 20.4. The lowest BCUT2D eigenvalue weighted by Gasteiger charge is -2.22. The number of hydrogen-bond donors (Lipinski definition) is 1. The number of pyridine rings is 1. The number of nitrogens with zero attached hydrogens (tertiary/aromatic N) is 5. The first-order valence-electron chi connectivity index (χ1n) is 11.3. The predicted molar refractivity (Wildman–Crippen MR) is 131 cm³/mol. The highest BCUT2D eigenvalue weighted by molar-refractivity contribution is 5.83. The van der Waals surface area contributed by atoms with Gasteiger partial charge in [0.1, 0.15) is 0 Å². The molecule has 10 heteroatoms. The molecule has 0 atom stereocenters. The van der Waals surface area contributed by atoms with Crippen LogP contribution in [0.25, 0.3) is 10.9 Å². The molecule has 0 bridgehead atoms. The molecule has 0 radical (unpaired) electrons. The van der Waals surface area contributed by atoms with Gasteiger partial charge in [-0.1, -0.05) is 29.8 Å². The quantitative estimate of drug-likeness (QED) is 0.351. The highest BCUT2D eigenvalue weighted by Gasteiger charge is 2.17. The van der Waals surface area contributed by atoms with Crippen LogP contribution in [0.5, 0.6) is 11.5 Å². The molecule has 184 valence electrons. The van der Waals surface area contributed by atoms with Crippen LogP contribution < -0.4 is 15.0 Å². The summed E-state index contributed by atoms with van der Waals surface area (Å²) < 4.78 is 17.7. The first-order valence-corrected chi connectivity index (χ1v) is 11.3. The van der Waals surface area contributed by atoms with Crippen molar-refractivity contribution in [2.45, 2.75) is 33.1 Å². The van der Waals surface area contributed by atoms with Crippen LogP contribution in [0.3, 0.4) is 0 Å². The molecular weight excluding hydrogens is 448 g/mol. The Balaban J connectivity index is 1.66. The average molecular weight is 479 g/mol. The fourth-order valence-electron chi connectivity index (χ4n) is 3.94. The highest BCUT2D eigenvalue weighted by atomic mass is 16.5. The number of H-pyrrole nitrogens is 1. The Morgan fingerprint density at radius 3 is 2.43 bits per heavy atom. The molecule has 0 aliphatic carbocycles. The molecule has 10 nitrogen and oxygen atoms in total. The first-order chi connectivity index (χ1) is 17.0. The zero-order chi connectivity index (χ0) is 24.8. The lowest BCUT2D eigenvalue weighted by molar-refractivity contribution is 0.177. The SMILES string of the molecule is COCCn1nnnc1CN(Cc1ccc(C)cc1)Cc1cc2cc(OC)c(OC)cc2[nH]c1=O. The molecular formula is C25H30N6O4. The number of aromatic amines is 1. The van der Waals surface area contributed by atoms with Gasteiger partial charge in [-0.05, 0) is 35.0 Å². The average Bonchev–Trinajstić information content (AvgIpc) is 3.30. The molecule has 0 spiro atoms. The van der Waals surface area contributed by atoms with E-state index >= 15 is 0 Å². The molecule has 0 aliphatic rings. The molecule has 35 heavy (non-hydrogen) atoms. The smallest absolute Gasteiger partial charge is 0.252 e. The lowest BCUT2D eigenvalue weighted by atomic mass is 10.1. The van der Waals surface area contributed by atoms with E-state index in [-0.39, 0.29) is 5.56 Å². The largest absolute Gasteiger partial charge is 0.493 e. The fraction of sp³-hybridized carbons (Fsp3) is 0.360. The second kappa shape index (κ2) is 11.1. The van der Waals surface area contributed by atoms with Gasteiger partial charge in [-0.15, -0.1) is 5.10 Å². The second-order valence-corrected chi connectivity index (χ2v) is 8.36. The van der Waals surface area contributed by atoms with Crippen molar-refractivity contribution in [3.05, 3.63) is 75.3 Å². The van der Waals surface area contributed by atoms with Gasteiger partial charge in [0.15, 0.2) is 17.3 Å². The van der Waals surface area contributed by atoms with Crippen molar-refractivity contribution >= 4 is 10.9 Å². The number of tetrazole rings is 1. The van der Waals surface area contributed by atoms with Crippen LogP contribution in [0, 0.1) is 6.92 Å². The summed E-state index contributed by atoms with van der Waals surface area (Å²) in [5.41, 5.74) is 3.49. The van der Waals surface area contributed by atoms with Gasteiger partial charge in [0.05, 0.1) is 39.4 Å². The maximum atomic E-state index is 13.0. The zero-order valence-electron chi connectivity index (χ0n) is 20.4. The number of hydrogen-bond acceptors (Lipinski definition) is 8. The van der Waals surface area contributed by atoms with E-state index in [0.29, 0.717) is 61.2 Å². The molecule has 0 aliphatic heterocycles. The summed E-state index contributed by atoms with van der Waals surface area (Å²) in [5, 5.41) is 13.0. The van der Waals surface area contributed by atoms with Crippen LogP contribution in [0.1, 0.15) is 22.5 Å². The summed E-state index contributed by atoms with van der Waals surface area (Å²) in [6.45, 7) is 4.61. The van der Waals surface area contributed by atoms with E-state index in [1.54, 1.807) is 32.1 Å². The maximum Gasteiger partial charge on any atom is 0.252 e. The van der Waals surface area contributed by atoms with Crippen LogP contribution in [0.2, 0.25) is 0 Å². The Morgan fingerprint density at radius 2 is 1.71 bits per heavy atom. The van der Waals surface area contributed by atoms with E-state index in [0.717, 1.165) is 10.9 Å². The minimum absolute atomic E-state index is 0.155. The van der Waals surface area contributed by atoms with E-state index in [4.69, 9.17) is 14.2 Å². The Kier molecular flexibility index (Phi) is 7.74. The Bertz CT molecular complexity index is 1330. The third-order valence-electron chi connectivity index (χ3n) is 5.82. The number of methoxy groups -OCH3 is 3. The molecule has 2 aromatic heterocycles. The summed E-state index contributed by atoms with van der Waals surface area (Å²) in [7, 11) is 4.80. The van der Waals surface area contributed by atoms with Crippen LogP contribution in [-0.2, 0) is 30.9 Å². The predicted octanol–water partition coefficient (Wildman–Crippen LogP) is 2.69. The van der Waals surface area contributed by atoms with Crippen LogP contribution >= 0.6 is 0 Å². The van der Waals surface area contributed by atoms with Crippen molar-refractivity contribution < 1.29 is 14.2 Å². The summed E-state index contributed by atoms with van der Waals surface area (Å²) >= 11 is 0. The van der Waals surface area contributed by atoms with Crippen LogP contribution in [-0.4, -0.2) is 58.0 Å². The molecule has 0 saturated carbocycles. The van der Waals surface area contributed by atoms with E-state index in [2.05, 4.69) is 56.6 Å². The Morgan fingerprint density at radius 1 is 0.971 bits per heavy atom. The third kappa shape index (κ3) is 5.84. The van der Waals surface area contributed by atoms with Crippen molar-refractivity contribution in [2.75, 3.05) is 27.9 Å². The van der Waals surface area contributed by atoms with Gasteiger partial charge in [0.25, 0.3) is 5.56 Å². The van der Waals surface area contributed by atoms with Crippen LogP contribution in [0.4, 0.5) is 0 Å². The van der Waals surface area contributed by atoms with Crippen LogP contribution in [0.15, 0.2) is 47.3 Å². The maximum absolute atomic E-state index is 13.0. The van der Waals surface area contributed by atoms with Crippen molar-refractivity contribution in [1.29, 1.82) is 0 Å². The molecule has 0 amide bonds. The number of aromatic nitrogens is 5. The van der Waals surface area contributed by atoms with Crippen molar-refractivity contribution in [3.63, 3.8) is 0 Å². The van der Waals surface area contributed by atoms with E-state index in [9.17, 15) is 4.79 Å². The number of aryl methyl sites for hydroxylation is 1. The normalized spacial score (nSPS) is 11.3. The molecule has 1 N–H and O–H groups in total. The lowest BCUT2D eigenvalue weighted by Crippen LogP contribution is -2.28. The first kappa shape index (κ1) is 24.4. The minimum atomic E-state index is -0.155.